The number of amides is 3. The highest BCUT2D eigenvalue weighted by Crippen LogP contribution is 2.32. The first-order valence-corrected chi connectivity index (χ1v) is 7.10. The van der Waals surface area contributed by atoms with Crippen molar-refractivity contribution in [3.8, 4) is 5.75 Å². The Hall–Kier alpha value is -2.54. The van der Waals surface area contributed by atoms with Gasteiger partial charge in [-0.1, -0.05) is 12.1 Å². The number of aliphatic hydroxyl groups is 1. The van der Waals surface area contributed by atoms with E-state index in [1.165, 1.54) is 12.1 Å². The number of benzene rings is 1. The molecule has 7 nitrogen and oxygen atoms in total. The molecule has 116 valence electrons. The number of carbonyl (C=O) groups is 2. The average Bonchev–Trinajstić information content (AvgIpc) is 2.81. The molecule has 0 aromatic heterocycles. The molecule has 0 aliphatic carbocycles. The van der Waals surface area contributed by atoms with Crippen LogP contribution in [0.1, 0.15) is 18.0 Å². The van der Waals surface area contributed by atoms with Gasteiger partial charge in [-0.05, 0) is 24.1 Å². The van der Waals surface area contributed by atoms with Crippen molar-refractivity contribution >= 4 is 11.9 Å². The van der Waals surface area contributed by atoms with E-state index in [1.54, 1.807) is 17.0 Å². The zero-order valence-electron chi connectivity index (χ0n) is 11.9. The van der Waals surface area contributed by atoms with Crippen LogP contribution in [0.4, 0.5) is 4.79 Å². The largest absolute Gasteiger partial charge is 0.508 e. The predicted molar refractivity (Wildman–Crippen MR) is 77.8 cm³/mol. The highest BCUT2D eigenvalue weighted by molar-refractivity contribution is 6.01. The summed E-state index contributed by atoms with van der Waals surface area (Å²) in [6.07, 6.45) is 0.498. The van der Waals surface area contributed by atoms with Gasteiger partial charge in [-0.2, -0.15) is 0 Å². The lowest BCUT2D eigenvalue weighted by Gasteiger charge is -2.25. The second kappa shape index (κ2) is 5.69. The quantitative estimate of drug-likeness (QED) is 0.639. The Bertz CT molecular complexity index is 639. The van der Waals surface area contributed by atoms with Gasteiger partial charge in [-0.3, -0.25) is 4.79 Å². The monoisotopic (exact) mass is 303 g/mol. The van der Waals surface area contributed by atoms with Crippen LogP contribution in [0.15, 0.2) is 35.5 Å². The number of phenols is 1. The topological polar surface area (TPSA) is 102 Å². The third-order valence-electron chi connectivity index (χ3n) is 3.83. The lowest BCUT2D eigenvalue weighted by Crippen LogP contribution is -2.44. The summed E-state index contributed by atoms with van der Waals surface area (Å²) in [5.41, 5.74) is 1.85. The Kier molecular flexibility index (Phi) is 3.72. The number of aliphatic hydroxyl groups excluding tert-OH is 1. The molecule has 0 fully saturated rings. The van der Waals surface area contributed by atoms with Crippen LogP contribution in [-0.2, 0) is 4.79 Å². The van der Waals surface area contributed by atoms with E-state index in [1.807, 2.05) is 0 Å². The van der Waals surface area contributed by atoms with Crippen LogP contribution in [0.5, 0.6) is 5.75 Å². The number of nitrogens with one attached hydrogen (secondary N) is 2. The Morgan fingerprint density at radius 2 is 1.95 bits per heavy atom. The molecular weight excluding hydrogens is 286 g/mol. The number of rotatable bonds is 4. The summed E-state index contributed by atoms with van der Waals surface area (Å²) in [7, 11) is 0. The van der Waals surface area contributed by atoms with Crippen molar-refractivity contribution in [2.24, 2.45) is 0 Å². The molecule has 0 saturated heterocycles. The molecule has 3 amide bonds. The number of aromatic hydroxyl groups is 1. The molecular formula is C15H17N3O4. The molecule has 0 bridgehead atoms. The highest BCUT2D eigenvalue weighted by atomic mass is 16.3. The molecule has 3 rings (SSSR count). The van der Waals surface area contributed by atoms with Crippen molar-refractivity contribution in [1.82, 2.24) is 15.5 Å². The molecule has 1 atom stereocenters. The van der Waals surface area contributed by atoms with E-state index < -0.39 is 6.04 Å². The molecule has 2 aliphatic heterocycles. The second-order valence-electron chi connectivity index (χ2n) is 5.32. The number of urea groups is 1. The maximum absolute atomic E-state index is 12.5. The van der Waals surface area contributed by atoms with Gasteiger partial charge in [-0.25, -0.2) is 4.79 Å². The lowest BCUT2D eigenvalue weighted by atomic mass is 9.96. The molecule has 0 unspecified atom stereocenters. The van der Waals surface area contributed by atoms with Gasteiger partial charge in [0.15, 0.2) is 0 Å². The Morgan fingerprint density at radius 3 is 2.64 bits per heavy atom. The van der Waals surface area contributed by atoms with Crippen molar-refractivity contribution in [2.45, 2.75) is 12.5 Å². The van der Waals surface area contributed by atoms with Crippen LogP contribution in [0.3, 0.4) is 0 Å². The molecule has 0 saturated carbocycles. The Labute approximate surface area is 127 Å². The third kappa shape index (κ3) is 2.50. The summed E-state index contributed by atoms with van der Waals surface area (Å²) >= 11 is 0. The minimum absolute atomic E-state index is 0.0143. The van der Waals surface area contributed by atoms with E-state index in [9.17, 15) is 14.7 Å². The first-order valence-electron chi connectivity index (χ1n) is 7.10. The minimum Gasteiger partial charge on any atom is -0.508 e. The number of phenolic OH excluding ortho intramolecular Hbond substituents is 1. The zero-order chi connectivity index (χ0) is 15.7. The summed E-state index contributed by atoms with van der Waals surface area (Å²) in [6, 6.07) is 5.52. The first kappa shape index (κ1) is 14.4. The molecule has 7 heteroatoms. The van der Waals surface area contributed by atoms with E-state index >= 15 is 0 Å². The summed E-state index contributed by atoms with van der Waals surface area (Å²) in [6.45, 7) is 0.803. The number of hydrogen-bond donors (Lipinski definition) is 4. The average molecular weight is 303 g/mol. The Morgan fingerprint density at radius 1 is 1.23 bits per heavy atom. The zero-order valence-corrected chi connectivity index (χ0v) is 11.9. The summed E-state index contributed by atoms with van der Waals surface area (Å²) in [5.74, 6) is -0.0189. The summed E-state index contributed by atoms with van der Waals surface area (Å²) < 4.78 is 0. The van der Waals surface area contributed by atoms with E-state index in [2.05, 4.69) is 10.6 Å². The maximum atomic E-state index is 12.5. The van der Waals surface area contributed by atoms with Gasteiger partial charge in [0.2, 0.25) is 0 Å². The van der Waals surface area contributed by atoms with Crippen molar-refractivity contribution in [2.75, 3.05) is 19.7 Å². The summed E-state index contributed by atoms with van der Waals surface area (Å²) in [5, 5.41) is 23.7. The van der Waals surface area contributed by atoms with Gasteiger partial charge in [-0.15, -0.1) is 0 Å². The van der Waals surface area contributed by atoms with E-state index in [4.69, 9.17) is 5.11 Å². The van der Waals surface area contributed by atoms with Gasteiger partial charge in [0.05, 0.1) is 23.9 Å². The molecule has 0 radical (unpaired) electrons. The molecule has 4 N–H and O–H groups in total. The SMILES string of the molecule is O=C1NC2=C(C(=O)N(CCCO)C2)[C@@H](c2ccc(O)cc2)N1. The van der Waals surface area contributed by atoms with Crippen molar-refractivity contribution in [3.63, 3.8) is 0 Å². The van der Waals surface area contributed by atoms with Crippen LogP contribution < -0.4 is 10.6 Å². The van der Waals surface area contributed by atoms with Crippen molar-refractivity contribution in [1.29, 1.82) is 0 Å². The van der Waals surface area contributed by atoms with E-state index in [0.29, 0.717) is 30.8 Å². The normalized spacial score (nSPS) is 20.8. The van der Waals surface area contributed by atoms with Crippen LogP contribution in [0, 0.1) is 0 Å². The van der Waals surface area contributed by atoms with Gasteiger partial charge in [0.25, 0.3) is 5.91 Å². The second-order valence-corrected chi connectivity index (χ2v) is 5.32. The number of carbonyl (C=O) groups excluding carboxylic acids is 2. The molecule has 1 aromatic carbocycles. The predicted octanol–water partition coefficient (Wildman–Crippen LogP) is 0.225. The smallest absolute Gasteiger partial charge is 0.319 e. The molecule has 22 heavy (non-hydrogen) atoms. The van der Waals surface area contributed by atoms with Crippen LogP contribution in [0.2, 0.25) is 0 Å². The number of hydrogen-bond acceptors (Lipinski definition) is 4. The fourth-order valence-electron chi connectivity index (χ4n) is 2.79. The standard InChI is InChI=1S/C15H17N3O4/c19-7-1-6-18-8-11-12(14(18)21)13(17-15(22)16-11)9-2-4-10(20)5-3-9/h2-5,13,19-20H,1,6-8H2,(H2,16,17,22)/t13-/m1/s1. The maximum Gasteiger partial charge on any atom is 0.319 e. The fourth-order valence-corrected chi connectivity index (χ4v) is 2.79. The van der Waals surface area contributed by atoms with Crippen LogP contribution in [-0.4, -0.2) is 46.7 Å². The van der Waals surface area contributed by atoms with Gasteiger partial charge >= 0.3 is 6.03 Å². The fraction of sp³-hybridized carbons (Fsp3) is 0.333. The lowest BCUT2D eigenvalue weighted by molar-refractivity contribution is -0.125. The minimum atomic E-state index is -0.532. The van der Waals surface area contributed by atoms with Crippen LogP contribution in [0.25, 0.3) is 0 Å². The number of nitrogens with zero attached hydrogens (tertiary/aromatic N) is 1. The highest BCUT2D eigenvalue weighted by Gasteiger charge is 2.39. The molecule has 0 spiro atoms. The van der Waals surface area contributed by atoms with E-state index in [0.717, 1.165) is 5.56 Å². The molecule has 2 heterocycles. The first-order chi connectivity index (χ1) is 10.6. The van der Waals surface area contributed by atoms with Crippen LogP contribution >= 0.6 is 0 Å². The summed E-state index contributed by atoms with van der Waals surface area (Å²) in [4.78, 5) is 26.0. The molecule has 1 aromatic rings. The van der Waals surface area contributed by atoms with E-state index in [-0.39, 0.29) is 24.3 Å². The van der Waals surface area contributed by atoms with Crippen molar-refractivity contribution < 1.29 is 19.8 Å². The van der Waals surface area contributed by atoms with Gasteiger partial charge in [0.1, 0.15) is 5.75 Å². The third-order valence-corrected chi connectivity index (χ3v) is 3.83. The van der Waals surface area contributed by atoms with Crippen molar-refractivity contribution in [3.05, 3.63) is 41.1 Å². The Balaban J connectivity index is 1.90. The van der Waals surface area contributed by atoms with Gasteiger partial charge < -0.3 is 25.7 Å². The molecule has 2 aliphatic rings. The van der Waals surface area contributed by atoms with Gasteiger partial charge in [0, 0.05) is 13.2 Å².